The van der Waals surface area contributed by atoms with E-state index >= 15 is 0 Å². The fourth-order valence-electron chi connectivity index (χ4n) is 5.18. The first kappa shape index (κ1) is 43.9. The lowest BCUT2D eigenvalue weighted by Crippen LogP contribution is -2.28. The van der Waals surface area contributed by atoms with E-state index in [2.05, 4.69) is 56.4 Å². The number of ether oxygens (including phenoxy) is 2. The van der Waals surface area contributed by atoms with Gasteiger partial charge in [-0.1, -0.05) is 159 Å². The normalized spacial score (nSPS) is 12.7. The molecule has 0 aromatic rings. The number of carbonyl (C=O) groups is 2. The van der Waals surface area contributed by atoms with Gasteiger partial charge in [0.15, 0.2) is 6.10 Å². The number of aliphatic hydroxyl groups excluding tert-OH is 1. The predicted molar refractivity (Wildman–Crippen MR) is 196 cm³/mol. The van der Waals surface area contributed by atoms with Crippen molar-refractivity contribution in [1.82, 2.24) is 0 Å². The molecule has 0 fully saturated rings. The zero-order chi connectivity index (χ0) is 33.6. The zero-order valence-corrected chi connectivity index (χ0v) is 30.1. The van der Waals surface area contributed by atoms with E-state index in [4.69, 9.17) is 9.47 Å². The van der Waals surface area contributed by atoms with E-state index < -0.39 is 6.10 Å². The summed E-state index contributed by atoms with van der Waals surface area (Å²) in [5.74, 6) is -0.674. The molecule has 0 amide bonds. The predicted octanol–water partition coefficient (Wildman–Crippen LogP) is 11.8. The third kappa shape index (κ3) is 34.7. The molecule has 0 aliphatic carbocycles. The summed E-state index contributed by atoms with van der Waals surface area (Å²) in [7, 11) is 0. The molecule has 1 atom stereocenters. The van der Waals surface area contributed by atoms with Gasteiger partial charge in [-0.25, -0.2) is 0 Å². The lowest BCUT2D eigenvalue weighted by Gasteiger charge is -2.15. The molecule has 266 valence electrons. The van der Waals surface area contributed by atoms with Crippen molar-refractivity contribution in [2.24, 2.45) is 0 Å². The fourth-order valence-corrected chi connectivity index (χ4v) is 5.18. The standard InChI is InChI=1S/C41H72O5/c1-3-5-7-9-11-13-15-17-18-19-20-21-22-24-26-28-30-32-34-36-41(44)46-39(37-42)38-45-40(43)35-33-31-29-27-25-23-16-14-12-10-8-6-4-2/h11,13,15,17,23,25,29,31,39,42H,3-10,12,14,16,18-22,24,26-28,30,32-38H2,1-2H3/b13-11+,17-15+,25-23+,31-29+. The number of carbonyl (C=O) groups excluding carboxylic acids is 2. The van der Waals surface area contributed by atoms with Crippen molar-refractivity contribution in [2.75, 3.05) is 13.2 Å². The van der Waals surface area contributed by atoms with Crippen LogP contribution in [-0.4, -0.2) is 36.4 Å². The SMILES string of the molecule is CCCCC/C=C/C=C/CCCCCCCCCCCCC(=O)OC(CO)COC(=O)CC/C=C/C/C=C/CCCCCCCC. The molecular weight excluding hydrogens is 572 g/mol. The summed E-state index contributed by atoms with van der Waals surface area (Å²) >= 11 is 0. The quantitative estimate of drug-likeness (QED) is 0.0326. The average molecular weight is 645 g/mol. The maximum atomic E-state index is 12.2. The van der Waals surface area contributed by atoms with Gasteiger partial charge in [-0.3, -0.25) is 9.59 Å². The molecule has 0 bridgehead atoms. The third-order valence-corrected chi connectivity index (χ3v) is 8.14. The highest BCUT2D eigenvalue weighted by Crippen LogP contribution is 2.13. The van der Waals surface area contributed by atoms with E-state index in [1.165, 1.54) is 116 Å². The van der Waals surface area contributed by atoms with Crippen molar-refractivity contribution in [3.8, 4) is 0 Å². The highest BCUT2D eigenvalue weighted by atomic mass is 16.6. The summed E-state index contributed by atoms with van der Waals surface area (Å²) < 4.78 is 10.5. The zero-order valence-electron chi connectivity index (χ0n) is 30.1. The summed E-state index contributed by atoms with van der Waals surface area (Å²) in [6.07, 6.45) is 46.1. The van der Waals surface area contributed by atoms with Crippen LogP contribution in [-0.2, 0) is 19.1 Å². The molecule has 0 aromatic carbocycles. The molecule has 0 radical (unpaired) electrons. The second kappa shape index (κ2) is 37.3. The number of hydrogen-bond acceptors (Lipinski definition) is 5. The topological polar surface area (TPSA) is 72.8 Å². The van der Waals surface area contributed by atoms with Crippen LogP contribution in [0.25, 0.3) is 0 Å². The number of aliphatic hydroxyl groups is 1. The van der Waals surface area contributed by atoms with Crippen LogP contribution >= 0.6 is 0 Å². The van der Waals surface area contributed by atoms with Gasteiger partial charge in [-0.2, -0.15) is 0 Å². The monoisotopic (exact) mass is 645 g/mol. The first-order valence-electron chi connectivity index (χ1n) is 19.2. The highest BCUT2D eigenvalue weighted by Gasteiger charge is 2.15. The molecule has 0 aliphatic heterocycles. The number of unbranched alkanes of at least 4 members (excludes halogenated alkanes) is 19. The van der Waals surface area contributed by atoms with Gasteiger partial charge < -0.3 is 14.6 Å². The van der Waals surface area contributed by atoms with Crippen LogP contribution in [0.15, 0.2) is 48.6 Å². The first-order valence-corrected chi connectivity index (χ1v) is 19.2. The van der Waals surface area contributed by atoms with Crippen molar-refractivity contribution in [2.45, 2.75) is 187 Å². The number of allylic oxidation sites excluding steroid dienone is 8. The molecule has 0 aliphatic rings. The maximum Gasteiger partial charge on any atom is 0.306 e. The molecule has 0 spiro atoms. The highest BCUT2D eigenvalue weighted by molar-refractivity contribution is 5.70. The Hall–Kier alpha value is -2.14. The molecule has 0 aromatic heterocycles. The number of hydrogen-bond donors (Lipinski definition) is 1. The van der Waals surface area contributed by atoms with Gasteiger partial charge in [-0.15, -0.1) is 0 Å². The minimum Gasteiger partial charge on any atom is -0.462 e. The van der Waals surface area contributed by atoms with Crippen LogP contribution in [0.5, 0.6) is 0 Å². The Morgan fingerprint density at radius 2 is 0.978 bits per heavy atom. The maximum absolute atomic E-state index is 12.2. The Morgan fingerprint density at radius 1 is 0.522 bits per heavy atom. The summed E-state index contributed by atoms with van der Waals surface area (Å²) in [6, 6.07) is 0. The van der Waals surface area contributed by atoms with E-state index in [0.717, 1.165) is 32.1 Å². The van der Waals surface area contributed by atoms with Crippen molar-refractivity contribution in [1.29, 1.82) is 0 Å². The summed E-state index contributed by atoms with van der Waals surface area (Å²) in [5, 5.41) is 9.53. The van der Waals surface area contributed by atoms with Crippen molar-refractivity contribution >= 4 is 11.9 Å². The molecule has 5 nitrogen and oxygen atoms in total. The van der Waals surface area contributed by atoms with Gasteiger partial charge in [-0.05, 0) is 57.8 Å². The average Bonchev–Trinajstić information content (AvgIpc) is 3.06. The van der Waals surface area contributed by atoms with Gasteiger partial charge in [0.2, 0.25) is 0 Å². The second-order valence-corrected chi connectivity index (χ2v) is 12.7. The van der Waals surface area contributed by atoms with Crippen LogP contribution < -0.4 is 0 Å². The van der Waals surface area contributed by atoms with E-state index in [1.807, 2.05) is 6.08 Å². The third-order valence-electron chi connectivity index (χ3n) is 8.14. The van der Waals surface area contributed by atoms with Crippen LogP contribution in [0.3, 0.4) is 0 Å². The van der Waals surface area contributed by atoms with Crippen molar-refractivity contribution < 1.29 is 24.2 Å². The smallest absolute Gasteiger partial charge is 0.306 e. The van der Waals surface area contributed by atoms with Gasteiger partial charge in [0, 0.05) is 12.8 Å². The van der Waals surface area contributed by atoms with Crippen LogP contribution in [0, 0.1) is 0 Å². The van der Waals surface area contributed by atoms with E-state index in [9.17, 15) is 14.7 Å². The lowest BCUT2D eigenvalue weighted by molar-refractivity contribution is -0.161. The van der Waals surface area contributed by atoms with Gasteiger partial charge in [0.25, 0.3) is 0 Å². The Kier molecular flexibility index (Phi) is 35.6. The van der Waals surface area contributed by atoms with Gasteiger partial charge in [0.1, 0.15) is 6.61 Å². The first-order chi connectivity index (χ1) is 22.6. The van der Waals surface area contributed by atoms with Crippen LogP contribution in [0.4, 0.5) is 0 Å². The molecule has 1 N–H and O–H groups in total. The lowest BCUT2D eigenvalue weighted by atomic mass is 10.1. The van der Waals surface area contributed by atoms with E-state index in [1.54, 1.807) is 0 Å². The molecule has 0 saturated heterocycles. The number of esters is 2. The Bertz CT molecular complexity index is 782. The molecular formula is C41H72O5. The van der Waals surface area contributed by atoms with Crippen LogP contribution in [0.1, 0.15) is 181 Å². The van der Waals surface area contributed by atoms with Crippen LogP contribution in [0.2, 0.25) is 0 Å². The Morgan fingerprint density at radius 3 is 1.54 bits per heavy atom. The minimum absolute atomic E-state index is 0.0980. The van der Waals surface area contributed by atoms with E-state index in [-0.39, 0.29) is 31.6 Å². The number of rotatable bonds is 34. The van der Waals surface area contributed by atoms with Gasteiger partial charge >= 0.3 is 11.9 Å². The Balaban J connectivity index is 3.62. The molecule has 0 heterocycles. The molecule has 0 rings (SSSR count). The molecule has 46 heavy (non-hydrogen) atoms. The summed E-state index contributed by atoms with van der Waals surface area (Å²) in [5.41, 5.74) is 0. The Labute approximate surface area is 284 Å². The van der Waals surface area contributed by atoms with E-state index in [0.29, 0.717) is 12.8 Å². The summed E-state index contributed by atoms with van der Waals surface area (Å²) in [6.45, 7) is 4.04. The van der Waals surface area contributed by atoms with Gasteiger partial charge in [0.05, 0.1) is 6.61 Å². The summed E-state index contributed by atoms with van der Waals surface area (Å²) in [4.78, 5) is 24.2. The van der Waals surface area contributed by atoms with Crippen molar-refractivity contribution in [3.05, 3.63) is 48.6 Å². The minimum atomic E-state index is -0.794. The fraction of sp³-hybridized carbons (Fsp3) is 0.756. The second-order valence-electron chi connectivity index (χ2n) is 12.7. The molecule has 1 unspecified atom stereocenters. The van der Waals surface area contributed by atoms with Crippen molar-refractivity contribution in [3.63, 3.8) is 0 Å². The molecule has 5 heteroatoms. The molecule has 0 saturated carbocycles. The largest absolute Gasteiger partial charge is 0.462 e.